The summed E-state index contributed by atoms with van der Waals surface area (Å²) >= 11 is 0. The van der Waals surface area contributed by atoms with Crippen molar-refractivity contribution in [1.82, 2.24) is 10.6 Å². The van der Waals surface area contributed by atoms with Crippen molar-refractivity contribution in [3.05, 3.63) is 12.7 Å². The van der Waals surface area contributed by atoms with E-state index in [-0.39, 0.29) is 24.0 Å². The smallest absolute Gasteiger partial charge is 0.315 e. The second-order valence-corrected chi connectivity index (χ2v) is 5.11. The SMILES string of the molecule is C=CCC(C)NC(=O)NC(C)CCCC(C)C(=O)O. The van der Waals surface area contributed by atoms with Crippen molar-refractivity contribution in [3.63, 3.8) is 0 Å². The first kappa shape index (κ1) is 17.5. The minimum atomic E-state index is -0.767. The van der Waals surface area contributed by atoms with Crippen molar-refractivity contribution in [3.8, 4) is 0 Å². The molecule has 0 radical (unpaired) electrons. The summed E-state index contributed by atoms with van der Waals surface area (Å²) in [6.07, 6.45) is 4.70. The molecule has 0 aliphatic heterocycles. The largest absolute Gasteiger partial charge is 0.481 e. The van der Waals surface area contributed by atoms with Crippen molar-refractivity contribution < 1.29 is 14.7 Å². The summed E-state index contributed by atoms with van der Waals surface area (Å²) in [5.74, 6) is -1.09. The minimum Gasteiger partial charge on any atom is -0.481 e. The molecule has 2 amide bonds. The van der Waals surface area contributed by atoms with Crippen LogP contribution in [0.2, 0.25) is 0 Å². The highest BCUT2D eigenvalue weighted by Crippen LogP contribution is 2.09. The Morgan fingerprint density at radius 2 is 1.74 bits per heavy atom. The van der Waals surface area contributed by atoms with Gasteiger partial charge >= 0.3 is 12.0 Å². The molecule has 0 saturated carbocycles. The summed E-state index contributed by atoms with van der Waals surface area (Å²) in [6, 6.07) is -0.0817. The topological polar surface area (TPSA) is 78.4 Å². The molecule has 3 unspecified atom stereocenters. The van der Waals surface area contributed by atoms with Gasteiger partial charge in [0.15, 0.2) is 0 Å². The van der Waals surface area contributed by atoms with Crippen LogP contribution in [0.25, 0.3) is 0 Å². The van der Waals surface area contributed by atoms with E-state index in [0.717, 1.165) is 19.3 Å². The number of carboxylic acids is 1. The van der Waals surface area contributed by atoms with Gasteiger partial charge in [0.2, 0.25) is 0 Å². The Balaban J connectivity index is 3.79. The Bertz CT molecular complexity index is 305. The third-order valence-corrected chi connectivity index (χ3v) is 2.97. The normalized spacial score (nSPS) is 15.1. The van der Waals surface area contributed by atoms with E-state index >= 15 is 0 Å². The molecular weight excluding hydrogens is 244 g/mol. The number of rotatable bonds is 9. The first-order valence-corrected chi connectivity index (χ1v) is 6.77. The Kier molecular flexibility index (Phi) is 8.66. The van der Waals surface area contributed by atoms with E-state index in [9.17, 15) is 9.59 Å². The quantitative estimate of drug-likeness (QED) is 0.563. The van der Waals surface area contributed by atoms with Crippen LogP contribution in [-0.2, 0) is 4.79 Å². The van der Waals surface area contributed by atoms with Crippen molar-refractivity contribution in [2.75, 3.05) is 0 Å². The van der Waals surface area contributed by atoms with Gasteiger partial charge in [-0.1, -0.05) is 19.4 Å². The summed E-state index contributed by atoms with van der Waals surface area (Å²) in [6.45, 7) is 9.16. The molecule has 0 aliphatic rings. The number of hydrogen-bond acceptors (Lipinski definition) is 2. The lowest BCUT2D eigenvalue weighted by molar-refractivity contribution is -0.141. The second-order valence-electron chi connectivity index (χ2n) is 5.11. The third-order valence-electron chi connectivity index (χ3n) is 2.97. The van der Waals surface area contributed by atoms with Gasteiger partial charge in [0.05, 0.1) is 5.92 Å². The predicted octanol–water partition coefficient (Wildman–Crippen LogP) is 2.53. The molecule has 3 atom stereocenters. The van der Waals surface area contributed by atoms with Crippen LogP contribution in [0.15, 0.2) is 12.7 Å². The Morgan fingerprint density at radius 3 is 2.26 bits per heavy atom. The van der Waals surface area contributed by atoms with E-state index in [1.165, 1.54) is 0 Å². The van der Waals surface area contributed by atoms with Crippen LogP contribution in [0.3, 0.4) is 0 Å². The molecule has 0 bridgehead atoms. The van der Waals surface area contributed by atoms with E-state index in [0.29, 0.717) is 6.42 Å². The van der Waals surface area contributed by atoms with Gasteiger partial charge in [0.25, 0.3) is 0 Å². The standard InChI is InChI=1S/C14H26N2O3/c1-5-7-11(3)15-14(19)16-12(4)9-6-8-10(2)13(17)18/h5,10-12H,1,6-9H2,2-4H3,(H,17,18)(H2,15,16,19). The van der Waals surface area contributed by atoms with Crippen molar-refractivity contribution in [1.29, 1.82) is 0 Å². The first-order chi connectivity index (χ1) is 8.86. The predicted molar refractivity (Wildman–Crippen MR) is 76.1 cm³/mol. The summed E-state index contributed by atoms with van der Waals surface area (Å²) < 4.78 is 0. The molecule has 0 saturated heterocycles. The number of carboxylic acid groups (broad SMARTS) is 1. The van der Waals surface area contributed by atoms with Crippen LogP contribution in [0.1, 0.15) is 46.5 Å². The number of hydrogen-bond donors (Lipinski definition) is 3. The lowest BCUT2D eigenvalue weighted by Gasteiger charge is -2.17. The first-order valence-electron chi connectivity index (χ1n) is 6.77. The highest BCUT2D eigenvalue weighted by atomic mass is 16.4. The molecule has 110 valence electrons. The van der Waals surface area contributed by atoms with Crippen molar-refractivity contribution in [2.45, 2.75) is 58.5 Å². The van der Waals surface area contributed by atoms with Gasteiger partial charge in [-0.2, -0.15) is 0 Å². The minimum absolute atomic E-state index is 0.0388. The van der Waals surface area contributed by atoms with E-state index in [2.05, 4.69) is 17.2 Å². The van der Waals surface area contributed by atoms with Gasteiger partial charge in [-0.15, -0.1) is 6.58 Å². The van der Waals surface area contributed by atoms with E-state index in [1.807, 2.05) is 13.8 Å². The molecule has 5 nitrogen and oxygen atoms in total. The zero-order valence-electron chi connectivity index (χ0n) is 12.1. The average molecular weight is 270 g/mol. The molecule has 0 aromatic rings. The van der Waals surface area contributed by atoms with Gasteiger partial charge in [-0.25, -0.2) is 4.79 Å². The summed E-state index contributed by atoms with van der Waals surface area (Å²) in [7, 11) is 0. The molecule has 0 aliphatic carbocycles. The number of urea groups is 1. The molecule has 19 heavy (non-hydrogen) atoms. The Morgan fingerprint density at radius 1 is 1.16 bits per heavy atom. The fraction of sp³-hybridized carbons (Fsp3) is 0.714. The molecule has 0 heterocycles. The van der Waals surface area contributed by atoms with Gasteiger partial charge < -0.3 is 15.7 Å². The summed E-state index contributed by atoms with van der Waals surface area (Å²) in [4.78, 5) is 22.2. The van der Waals surface area contributed by atoms with Crippen molar-refractivity contribution in [2.24, 2.45) is 5.92 Å². The molecule has 0 aromatic carbocycles. The second kappa shape index (κ2) is 9.42. The molecule has 5 heteroatoms. The van der Waals surface area contributed by atoms with Crippen LogP contribution in [0.5, 0.6) is 0 Å². The molecule has 0 aromatic heterocycles. The molecule has 0 fully saturated rings. The van der Waals surface area contributed by atoms with Crippen molar-refractivity contribution >= 4 is 12.0 Å². The molecule has 0 spiro atoms. The molecule has 0 rings (SSSR count). The lowest BCUT2D eigenvalue weighted by Crippen LogP contribution is -2.44. The number of carbonyl (C=O) groups excluding carboxylic acids is 1. The van der Waals surface area contributed by atoms with E-state index < -0.39 is 5.97 Å². The van der Waals surface area contributed by atoms with Gasteiger partial charge in [0.1, 0.15) is 0 Å². The maximum atomic E-state index is 11.6. The summed E-state index contributed by atoms with van der Waals surface area (Å²) in [5.41, 5.74) is 0. The monoisotopic (exact) mass is 270 g/mol. The number of aliphatic carboxylic acids is 1. The third kappa shape index (κ3) is 9.11. The maximum absolute atomic E-state index is 11.6. The number of nitrogens with one attached hydrogen (secondary N) is 2. The van der Waals surface area contributed by atoms with Crippen LogP contribution >= 0.6 is 0 Å². The Hall–Kier alpha value is -1.52. The fourth-order valence-electron chi connectivity index (χ4n) is 1.72. The van der Waals surface area contributed by atoms with E-state index in [4.69, 9.17) is 5.11 Å². The zero-order valence-corrected chi connectivity index (χ0v) is 12.1. The van der Waals surface area contributed by atoms with E-state index in [1.54, 1.807) is 13.0 Å². The van der Waals surface area contributed by atoms with Crippen LogP contribution < -0.4 is 10.6 Å². The number of carbonyl (C=O) groups is 2. The molecule has 3 N–H and O–H groups in total. The maximum Gasteiger partial charge on any atom is 0.315 e. The fourth-order valence-corrected chi connectivity index (χ4v) is 1.72. The van der Waals surface area contributed by atoms with Gasteiger partial charge in [0, 0.05) is 12.1 Å². The highest BCUT2D eigenvalue weighted by molar-refractivity contribution is 5.74. The van der Waals surface area contributed by atoms with Gasteiger partial charge in [-0.05, 0) is 33.1 Å². The average Bonchev–Trinajstić information content (AvgIpc) is 2.28. The van der Waals surface area contributed by atoms with Crippen LogP contribution in [-0.4, -0.2) is 29.2 Å². The zero-order chi connectivity index (χ0) is 14.8. The van der Waals surface area contributed by atoms with Crippen LogP contribution in [0, 0.1) is 5.92 Å². The lowest BCUT2D eigenvalue weighted by atomic mass is 10.0. The Labute approximate surface area is 115 Å². The summed E-state index contributed by atoms with van der Waals surface area (Å²) in [5, 5.41) is 14.4. The van der Waals surface area contributed by atoms with Gasteiger partial charge in [-0.3, -0.25) is 4.79 Å². The van der Waals surface area contributed by atoms with Crippen LogP contribution in [0.4, 0.5) is 4.79 Å². The highest BCUT2D eigenvalue weighted by Gasteiger charge is 2.13. The number of amides is 2. The molecular formula is C14H26N2O3.